The molecule has 1 atom stereocenters. The molecule has 0 spiro atoms. The summed E-state index contributed by atoms with van der Waals surface area (Å²) in [5.74, 6) is -2.95. The number of nitrogens with one attached hydrogen (secondary N) is 1. The molecule has 0 amide bonds. The second-order valence-electron chi connectivity index (χ2n) is 10.8. The normalized spacial score (nSPS) is 11.3. The Morgan fingerprint density at radius 3 is 2.02 bits per heavy atom. The number of carboxylic acid groups (broad SMARTS) is 1. The van der Waals surface area contributed by atoms with E-state index in [0.29, 0.717) is 17.6 Å². The maximum Gasteiger partial charge on any atom is 0.416 e. The van der Waals surface area contributed by atoms with Crippen LogP contribution in [0, 0.1) is 20.8 Å². The van der Waals surface area contributed by atoms with Crippen molar-refractivity contribution in [1.82, 2.24) is 5.32 Å². The number of carboxylic acids is 1. The highest BCUT2D eigenvalue weighted by Crippen LogP contribution is 2.37. The third-order valence-electron chi connectivity index (χ3n) is 7.45. The second kappa shape index (κ2) is 17.9. The van der Waals surface area contributed by atoms with Crippen LogP contribution in [0.5, 0.6) is 28.7 Å². The van der Waals surface area contributed by atoms with Crippen LogP contribution >= 0.6 is 12.4 Å². The number of hydrogen-bond donors (Lipinski definition) is 4. The molecular formula is C36H37ClF3NO9. The topological polar surface area (TPSA) is 152 Å². The fraction of sp³-hybridized carbons (Fsp3) is 0.250. The average Bonchev–Trinajstić information content (AvgIpc) is 3.05. The van der Waals surface area contributed by atoms with Gasteiger partial charge in [0.15, 0.2) is 6.29 Å². The Morgan fingerprint density at radius 1 is 0.900 bits per heavy atom. The molecule has 0 saturated carbocycles. The third-order valence-corrected chi connectivity index (χ3v) is 7.45. The van der Waals surface area contributed by atoms with Crippen molar-refractivity contribution in [2.45, 2.75) is 39.5 Å². The minimum absolute atomic E-state index is 0. The van der Waals surface area contributed by atoms with Crippen LogP contribution in [0.2, 0.25) is 0 Å². The smallest absolute Gasteiger partial charge is 0.416 e. The van der Waals surface area contributed by atoms with E-state index in [4.69, 9.17) is 14.2 Å². The van der Waals surface area contributed by atoms with Crippen LogP contribution in [-0.2, 0) is 6.18 Å². The van der Waals surface area contributed by atoms with Gasteiger partial charge in [-0.15, -0.1) is 12.4 Å². The van der Waals surface area contributed by atoms with Crippen molar-refractivity contribution in [3.8, 4) is 28.7 Å². The summed E-state index contributed by atoms with van der Waals surface area (Å²) >= 11 is 0. The molecule has 0 heterocycles. The molecule has 4 N–H and O–H groups in total. The van der Waals surface area contributed by atoms with Crippen molar-refractivity contribution in [3.63, 3.8) is 0 Å². The predicted molar refractivity (Wildman–Crippen MR) is 181 cm³/mol. The first-order valence-electron chi connectivity index (χ1n) is 14.8. The summed E-state index contributed by atoms with van der Waals surface area (Å²) < 4.78 is 53.8. The quantitative estimate of drug-likeness (QED) is 0.0692. The van der Waals surface area contributed by atoms with Gasteiger partial charge in [0, 0.05) is 12.0 Å². The lowest BCUT2D eigenvalue weighted by Crippen LogP contribution is -2.16. The molecule has 50 heavy (non-hydrogen) atoms. The fourth-order valence-corrected chi connectivity index (χ4v) is 4.84. The van der Waals surface area contributed by atoms with Crippen LogP contribution in [-0.4, -0.2) is 54.2 Å². The zero-order chi connectivity index (χ0) is 36.5. The van der Waals surface area contributed by atoms with Crippen molar-refractivity contribution < 1.29 is 57.1 Å². The van der Waals surface area contributed by atoms with Gasteiger partial charge in [-0.2, -0.15) is 13.2 Å². The summed E-state index contributed by atoms with van der Waals surface area (Å²) in [7, 11) is 3.16. The maximum absolute atomic E-state index is 12.6. The fourth-order valence-electron chi connectivity index (χ4n) is 4.84. The molecule has 0 aromatic heterocycles. The minimum Gasteiger partial charge on any atom is -0.507 e. The van der Waals surface area contributed by atoms with E-state index >= 15 is 0 Å². The number of ether oxygens (including phenoxy) is 3. The number of rotatable bonds is 11. The van der Waals surface area contributed by atoms with E-state index in [1.54, 1.807) is 0 Å². The monoisotopic (exact) mass is 719 g/mol. The summed E-state index contributed by atoms with van der Waals surface area (Å²) in [5.41, 5.74) is 0.0164. The lowest BCUT2D eigenvalue weighted by Gasteiger charge is -2.20. The van der Waals surface area contributed by atoms with E-state index in [-0.39, 0.29) is 57.8 Å². The van der Waals surface area contributed by atoms with E-state index in [1.165, 1.54) is 52.1 Å². The number of hydrogen-bond acceptors (Lipinski definition) is 9. The third kappa shape index (κ3) is 9.89. The molecule has 10 nitrogen and oxygen atoms in total. The highest BCUT2D eigenvalue weighted by molar-refractivity contribution is 6.00. The number of halogens is 4. The summed E-state index contributed by atoms with van der Waals surface area (Å²) in [4.78, 5) is 35.2. The standard InChI is InChI=1S/C19H18O8.C17H18F3NO.ClH/c1-8-5-13(26-4)11(7-20)17(22)14(8)19(25)27-12-6-9(2)16(21)15(10(12)3)18(23)24;1-21-12-11-16(13-5-3-2-4-6-13)22-15-9-7-14(8-10-15)17(18,19)20;/h5-7,21-22H,1-4H3,(H,23,24);2-10,16,21H,11-12H2,1H3;1H. The first-order chi connectivity index (χ1) is 23.1. The molecule has 14 heteroatoms. The zero-order valence-electron chi connectivity index (χ0n) is 27.8. The first kappa shape index (κ1) is 40.9. The molecule has 0 aliphatic heterocycles. The molecule has 268 valence electrons. The molecule has 0 aliphatic carbocycles. The van der Waals surface area contributed by atoms with Crippen LogP contribution in [0.25, 0.3) is 0 Å². The number of carbonyl (C=O) groups excluding carboxylic acids is 2. The molecular weight excluding hydrogens is 683 g/mol. The Kier molecular flexibility index (Phi) is 14.7. The van der Waals surface area contributed by atoms with E-state index < -0.39 is 35.2 Å². The lowest BCUT2D eigenvalue weighted by molar-refractivity contribution is -0.137. The minimum atomic E-state index is -4.33. The molecule has 0 bridgehead atoms. The first-order valence-corrected chi connectivity index (χ1v) is 14.8. The second-order valence-corrected chi connectivity index (χ2v) is 10.8. The largest absolute Gasteiger partial charge is 0.507 e. The van der Waals surface area contributed by atoms with E-state index in [1.807, 2.05) is 37.4 Å². The Bertz CT molecular complexity index is 1800. The molecule has 1 unspecified atom stereocenters. The Balaban J connectivity index is 0.000000347. The number of aryl methyl sites for hydroxylation is 2. The Hall–Kier alpha value is -5.27. The number of aldehydes is 1. The van der Waals surface area contributed by atoms with Crippen LogP contribution in [0.15, 0.2) is 66.7 Å². The molecule has 0 fully saturated rings. The summed E-state index contributed by atoms with van der Waals surface area (Å²) in [6.45, 7) is 5.10. The Labute approximate surface area is 292 Å². The highest BCUT2D eigenvalue weighted by atomic mass is 35.5. The van der Waals surface area contributed by atoms with Crippen LogP contribution in [0.3, 0.4) is 0 Å². The number of benzene rings is 4. The molecule has 0 saturated heterocycles. The number of alkyl halides is 3. The van der Waals surface area contributed by atoms with Gasteiger partial charge in [-0.05, 0) is 87.5 Å². The number of phenolic OH excluding ortho intramolecular Hbond substituents is 1. The molecule has 0 radical (unpaired) electrons. The number of aromatic hydroxyl groups is 2. The van der Waals surface area contributed by atoms with Gasteiger partial charge in [-0.25, -0.2) is 9.59 Å². The number of phenols is 2. The van der Waals surface area contributed by atoms with Gasteiger partial charge in [0.25, 0.3) is 0 Å². The van der Waals surface area contributed by atoms with Crippen molar-refractivity contribution in [3.05, 3.63) is 111 Å². The molecule has 4 aromatic carbocycles. The van der Waals surface area contributed by atoms with Gasteiger partial charge in [0.2, 0.25) is 0 Å². The van der Waals surface area contributed by atoms with Crippen molar-refractivity contribution in [2.75, 3.05) is 20.7 Å². The van der Waals surface area contributed by atoms with Crippen LogP contribution in [0.4, 0.5) is 13.2 Å². The number of aromatic carboxylic acids is 1. The maximum atomic E-state index is 12.6. The van der Waals surface area contributed by atoms with Crippen molar-refractivity contribution in [2.24, 2.45) is 0 Å². The number of carbonyl (C=O) groups is 3. The molecule has 4 rings (SSSR count). The molecule has 4 aromatic rings. The average molecular weight is 720 g/mol. The SMILES string of the molecule is CNCCC(Oc1ccc(C(F)(F)F)cc1)c1ccccc1.COc1cc(C)c(C(=O)Oc2cc(C)c(O)c(C(=O)O)c2C)c(O)c1C=O.Cl. The van der Waals surface area contributed by atoms with Crippen molar-refractivity contribution in [1.29, 1.82) is 0 Å². The van der Waals surface area contributed by atoms with Gasteiger partial charge in [0.1, 0.15) is 46.0 Å². The van der Waals surface area contributed by atoms with Crippen LogP contribution < -0.4 is 19.5 Å². The highest BCUT2D eigenvalue weighted by Gasteiger charge is 2.30. The van der Waals surface area contributed by atoms with E-state index in [0.717, 1.165) is 30.7 Å². The summed E-state index contributed by atoms with van der Waals surface area (Å²) in [6, 6.07) is 17.1. The summed E-state index contributed by atoms with van der Waals surface area (Å²) in [5, 5.41) is 32.5. The molecule has 0 aliphatic rings. The number of esters is 1. The van der Waals surface area contributed by atoms with Gasteiger partial charge in [-0.1, -0.05) is 30.3 Å². The van der Waals surface area contributed by atoms with Gasteiger partial charge < -0.3 is 34.8 Å². The van der Waals surface area contributed by atoms with Gasteiger partial charge >= 0.3 is 18.1 Å². The van der Waals surface area contributed by atoms with E-state index in [2.05, 4.69) is 5.32 Å². The number of methoxy groups -OCH3 is 1. The van der Waals surface area contributed by atoms with Gasteiger partial charge in [-0.3, -0.25) is 4.79 Å². The van der Waals surface area contributed by atoms with Crippen molar-refractivity contribution >= 4 is 30.6 Å². The lowest BCUT2D eigenvalue weighted by atomic mass is 10.0. The predicted octanol–water partition coefficient (Wildman–Crippen LogP) is 7.62. The van der Waals surface area contributed by atoms with Gasteiger partial charge in [0.05, 0.1) is 18.2 Å². The Morgan fingerprint density at radius 2 is 1.50 bits per heavy atom. The van der Waals surface area contributed by atoms with E-state index in [9.17, 15) is 42.9 Å². The van der Waals surface area contributed by atoms with Crippen LogP contribution in [0.1, 0.15) is 71.4 Å². The summed E-state index contributed by atoms with van der Waals surface area (Å²) in [6.07, 6.45) is -3.46. The zero-order valence-corrected chi connectivity index (χ0v) is 28.6.